The Bertz CT molecular complexity index is 692. The molecule has 0 aliphatic heterocycles. The van der Waals surface area contributed by atoms with Gasteiger partial charge in [0.15, 0.2) is 9.84 Å². The number of anilines is 1. The Hall–Kier alpha value is -1.82. The molecule has 20 heavy (non-hydrogen) atoms. The summed E-state index contributed by atoms with van der Waals surface area (Å²) >= 11 is 0. The number of nitrogens with one attached hydrogen (secondary N) is 1. The minimum Gasteiger partial charge on any atom is -0.376 e. The average molecular weight is 293 g/mol. The molecule has 1 aromatic carbocycles. The molecule has 1 heterocycles. The summed E-state index contributed by atoms with van der Waals surface area (Å²) in [7, 11) is -1.38. The first-order valence-corrected chi connectivity index (χ1v) is 8.17. The molecular formula is C14H19N3O2S. The molecule has 0 amide bonds. The highest BCUT2D eigenvalue weighted by Gasteiger charge is 2.18. The van der Waals surface area contributed by atoms with E-state index in [-0.39, 0.29) is 11.8 Å². The fraction of sp³-hybridized carbons (Fsp3) is 0.357. The second-order valence-corrected chi connectivity index (χ2v) is 6.89. The highest BCUT2D eigenvalue weighted by atomic mass is 32.2. The number of aromatic nitrogens is 2. The Morgan fingerprint density at radius 2 is 2.00 bits per heavy atom. The van der Waals surface area contributed by atoms with E-state index in [1.54, 1.807) is 36.0 Å². The monoisotopic (exact) mass is 293 g/mol. The zero-order valence-electron chi connectivity index (χ0n) is 11.9. The lowest BCUT2D eigenvalue weighted by Crippen LogP contribution is -2.14. The summed E-state index contributed by atoms with van der Waals surface area (Å²) in [5, 5.41) is 7.38. The van der Waals surface area contributed by atoms with Crippen LogP contribution in [0.4, 0.5) is 5.69 Å². The molecule has 0 fully saturated rings. The van der Waals surface area contributed by atoms with Gasteiger partial charge in [-0.05, 0) is 25.1 Å². The number of nitrogens with zero attached hydrogens (tertiary/aromatic N) is 2. The van der Waals surface area contributed by atoms with Gasteiger partial charge in [0.05, 0.1) is 28.1 Å². The molecule has 0 aliphatic carbocycles. The normalized spacial score (nSPS) is 13.2. The smallest absolute Gasteiger partial charge is 0.180 e. The predicted octanol–water partition coefficient (Wildman–Crippen LogP) is 2.39. The molecule has 0 bridgehead atoms. The van der Waals surface area contributed by atoms with E-state index in [4.69, 9.17) is 0 Å². The number of para-hydroxylation sites is 1. The van der Waals surface area contributed by atoms with Gasteiger partial charge in [0.1, 0.15) is 0 Å². The van der Waals surface area contributed by atoms with Crippen LogP contribution < -0.4 is 5.32 Å². The minimum atomic E-state index is -3.24. The lowest BCUT2D eigenvalue weighted by molar-refractivity contribution is 0.597. The van der Waals surface area contributed by atoms with E-state index in [0.29, 0.717) is 10.6 Å². The molecule has 1 aromatic heterocycles. The van der Waals surface area contributed by atoms with Gasteiger partial charge in [-0.3, -0.25) is 4.68 Å². The molecule has 1 unspecified atom stereocenters. The van der Waals surface area contributed by atoms with Gasteiger partial charge in [-0.25, -0.2) is 8.42 Å². The first-order valence-electron chi connectivity index (χ1n) is 6.52. The van der Waals surface area contributed by atoms with E-state index in [2.05, 4.69) is 10.4 Å². The Labute approximate surface area is 119 Å². The SMILES string of the molecule is CCS(=O)(=O)c1ccccc1NC(C)c1ccnn1C. The van der Waals surface area contributed by atoms with E-state index >= 15 is 0 Å². The number of sulfone groups is 1. The maximum Gasteiger partial charge on any atom is 0.180 e. The number of hydrogen-bond acceptors (Lipinski definition) is 4. The molecule has 2 rings (SSSR count). The highest BCUT2D eigenvalue weighted by molar-refractivity contribution is 7.91. The van der Waals surface area contributed by atoms with Gasteiger partial charge in [-0.2, -0.15) is 5.10 Å². The fourth-order valence-electron chi connectivity index (χ4n) is 2.13. The predicted molar refractivity (Wildman–Crippen MR) is 79.4 cm³/mol. The summed E-state index contributed by atoms with van der Waals surface area (Å²) in [6, 6.07) is 8.87. The third-order valence-electron chi connectivity index (χ3n) is 3.28. The maximum atomic E-state index is 12.1. The van der Waals surface area contributed by atoms with Gasteiger partial charge in [0.25, 0.3) is 0 Å². The Kier molecular flexibility index (Phi) is 4.13. The number of rotatable bonds is 5. The zero-order valence-corrected chi connectivity index (χ0v) is 12.7. The Balaban J connectivity index is 2.33. The number of hydrogen-bond donors (Lipinski definition) is 1. The van der Waals surface area contributed by atoms with Crippen LogP contribution in [-0.2, 0) is 16.9 Å². The number of benzene rings is 1. The summed E-state index contributed by atoms with van der Waals surface area (Å²) < 4.78 is 26.0. The van der Waals surface area contributed by atoms with E-state index in [9.17, 15) is 8.42 Å². The summed E-state index contributed by atoms with van der Waals surface area (Å²) in [5.74, 6) is 0.0891. The number of aryl methyl sites for hydroxylation is 1. The summed E-state index contributed by atoms with van der Waals surface area (Å²) in [6.45, 7) is 3.63. The van der Waals surface area contributed by atoms with Crippen molar-refractivity contribution < 1.29 is 8.42 Å². The standard InChI is InChI=1S/C14H19N3O2S/c1-4-20(18,19)14-8-6-5-7-12(14)16-11(2)13-9-10-15-17(13)3/h5-11,16H,4H2,1-3H3. The molecule has 0 saturated heterocycles. The van der Waals surface area contributed by atoms with E-state index in [1.807, 2.05) is 26.1 Å². The minimum absolute atomic E-state index is 0.0318. The lowest BCUT2D eigenvalue weighted by Gasteiger charge is -2.18. The topological polar surface area (TPSA) is 64.0 Å². The first kappa shape index (κ1) is 14.6. The van der Waals surface area contributed by atoms with Crippen molar-refractivity contribution in [3.63, 3.8) is 0 Å². The molecular weight excluding hydrogens is 274 g/mol. The van der Waals surface area contributed by atoms with Crippen LogP contribution in [0.1, 0.15) is 25.6 Å². The molecule has 0 saturated carbocycles. The van der Waals surface area contributed by atoms with Crippen LogP contribution in [0.3, 0.4) is 0 Å². The molecule has 108 valence electrons. The second kappa shape index (κ2) is 5.66. The van der Waals surface area contributed by atoms with Crippen LogP contribution in [0.25, 0.3) is 0 Å². The van der Waals surface area contributed by atoms with Crippen molar-refractivity contribution >= 4 is 15.5 Å². The molecule has 1 atom stereocenters. The van der Waals surface area contributed by atoms with Crippen LogP contribution in [0.2, 0.25) is 0 Å². The molecule has 6 heteroatoms. The van der Waals surface area contributed by atoms with Crippen molar-refractivity contribution in [1.82, 2.24) is 9.78 Å². The largest absolute Gasteiger partial charge is 0.376 e. The van der Waals surface area contributed by atoms with E-state index in [1.165, 1.54) is 0 Å². The zero-order chi connectivity index (χ0) is 14.8. The van der Waals surface area contributed by atoms with Gasteiger partial charge < -0.3 is 5.32 Å². The lowest BCUT2D eigenvalue weighted by atomic mass is 10.2. The van der Waals surface area contributed by atoms with Crippen molar-refractivity contribution in [1.29, 1.82) is 0 Å². The fourth-order valence-corrected chi connectivity index (χ4v) is 3.19. The van der Waals surface area contributed by atoms with Crippen LogP contribution in [0.5, 0.6) is 0 Å². The molecule has 0 aliphatic rings. The van der Waals surface area contributed by atoms with Gasteiger partial charge in [0.2, 0.25) is 0 Å². The maximum absolute atomic E-state index is 12.1. The highest BCUT2D eigenvalue weighted by Crippen LogP contribution is 2.26. The van der Waals surface area contributed by atoms with Gasteiger partial charge in [-0.15, -0.1) is 0 Å². The quantitative estimate of drug-likeness (QED) is 0.919. The van der Waals surface area contributed by atoms with Crippen LogP contribution >= 0.6 is 0 Å². The second-order valence-electron chi connectivity index (χ2n) is 4.65. The molecule has 0 radical (unpaired) electrons. The van der Waals surface area contributed by atoms with Crippen molar-refractivity contribution in [2.75, 3.05) is 11.1 Å². The van der Waals surface area contributed by atoms with Crippen LogP contribution in [0, 0.1) is 0 Å². The third-order valence-corrected chi connectivity index (χ3v) is 5.06. The Morgan fingerprint density at radius 3 is 2.60 bits per heavy atom. The molecule has 1 N–H and O–H groups in total. The van der Waals surface area contributed by atoms with Crippen molar-refractivity contribution in [2.24, 2.45) is 7.05 Å². The van der Waals surface area contributed by atoms with Gasteiger partial charge in [-0.1, -0.05) is 19.1 Å². The molecule has 0 spiro atoms. The molecule has 2 aromatic rings. The van der Waals surface area contributed by atoms with Gasteiger partial charge >= 0.3 is 0 Å². The van der Waals surface area contributed by atoms with Gasteiger partial charge in [0, 0.05) is 13.2 Å². The Morgan fingerprint density at radius 1 is 1.30 bits per heavy atom. The van der Waals surface area contributed by atoms with Crippen LogP contribution in [-0.4, -0.2) is 24.0 Å². The molecule has 5 nitrogen and oxygen atoms in total. The summed E-state index contributed by atoms with van der Waals surface area (Å²) in [5.41, 5.74) is 1.62. The average Bonchev–Trinajstić information content (AvgIpc) is 2.85. The third kappa shape index (κ3) is 2.85. The van der Waals surface area contributed by atoms with Crippen molar-refractivity contribution in [2.45, 2.75) is 24.8 Å². The first-order chi connectivity index (χ1) is 9.45. The van der Waals surface area contributed by atoms with Crippen molar-refractivity contribution in [3.8, 4) is 0 Å². The summed E-state index contributed by atoms with van der Waals surface area (Å²) in [4.78, 5) is 0.344. The van der Waals surface area contributed by atoms with E-state index in [0.717, 1.165) is 5.69 Å². The summed E-state index contributed by atoms with van der Waals surface area (Å²) in [6.07, 6.45) is 1.72. The van der Waals surface area contributed by atoms with Crippen LogP contribution in [0.15, 0.2) is 41.4 Å². The van der Waals surface area contributed by atoms with E-state index < -0.39 is 9.84 Å². The van der Waals surface area contributed by atoms with Crippen molar-refractivity contribution in [3.05, 3.63) is 42.2 Å².